The van der Waals surface area contributed by atoms with Crippen LogP contribution in [0.2, 0.25) is 5.02 Å². The number of nitrogens with two attached hydrogens (primary N) is 1. The highest BCUT2D eigenvalue weighted by Crippen LogP contribution is 2.26. The van der Waals surface area contributed by atoms with Gasteiger partial charge in [-0.15, -0.1) is 0 Å². The van der Waals surface area contributed by atoms with E-state index in [0.717, 1.165) is 0 Å². The van der Waals surface area contributed by atoms with Gasteiger partial charge in [-0.1, -0.05) is 11.6 Å². The van der Waals surface area contributed by atoms with E-state index in [0.29, 0.717) is 36.2 Å². The molecule has 88 valence electrons. The van der Waals surface area contributed by atoms with Crippen LogP contribution in [0.1, 0.15) is 0 Å². The number of rotatable bonds is 2. The fourth-order valence-electron chi connectivity index (χ4n) is 1.70. The van der Waals surface area contributed by atoms with Gasteiger partial charge in [-0.2, -0.15) is 0 Å². The zero-order valence-electron chi connectivity index (χ0n) is 8.77. The summed E-state index contributed by atoms with van der Waals surface area (Å²) in [4.78, 5) is 6.19. The number of aromatic nitrogens is 1. The Morgan fingerprint density at radius 2 is 2.50 bits per heavy atom. The van der Waals surface area contributed by atoms with Crippen molar-refractivity contribution >= 4 is 23.1 Å². The summed E-state index contributed by atoms with van der Waals surface area (Å²) in [7, 11) is 0. The Bertz CT molecular complexity index is 375. The first-order chi connectivity index (χ1) is 7.70. The Balaban J connectivity index is 2.16. The quantitative estimate of drug-likeness (QED) is 0.792. The number of aliphatic hydroxyl groups is 1. The van der Waals surface area contributed by atoms with Crippen molar-refractivity contribution in [3.63, 3.8) is 0 Å². The molecule has 0 aliphatic carbocycles. The zero-order valence-corrected chi connectivity index (χ0v) is 9.52. The zero-order chi connectivity index (χ0) is 11.5. The first kappa shape index (κ1) is 11.4. The van der Waals surface area contributed by atoms with Gasteiger partial charge in [-0.05, 0) is 6.07 Å². The minimum absolute atomic E-state index is 0.00307. The molecule has 0 amide bonds. The normalized spacial score (nSPS) is 21.1. The van der Waals surface area contributed by atoms with E-state index in [9.17, 15) is 0 Å². The van der Waals surface area contributed by atoms with Gasteiger partial charge in [-0.25, -0.2) is 4.98 Å². The van der Waals surface area contributed by atoms with E-state index in [2.05, 4.69) is 4.98 Å². The van der Waals surface area contributed by atoms with Gasteiger partial charge in [0.15, 0.2) is 0 Å². The molecular formula is C10H14ClN3O2. The molecule has 5 nitrogen and oxygen atoms in total. The maximum atomic E-state index is 9.04. The van der Waals surface area contributed by atoms with Gasteiger partial charge < -0.3 is 20.5 Å². The van der Waals surface area contributed by atoms with Crippen molar-refractivity contribution < 1.29 is 9.84 Å². The molecule has 2 rings (SSSR count). The predicted molar refractivity (Wildman–Crippen MR) is 62.7 cm³/mol. The molecule has 0 spiro atoms. The summed E-state index contributed by atoms with van der Waals surface area (Å²) < 4.78 is 5.36. The average Bonchev–Trinajstić information content (AvgIpc) is 2.29. The highest BCUT2D eigenvalue weighted by atomic mass is 35.5. The standard InChI is InChI=1S/C10H14ClN3O2/c11-9-3-7(12)4-13-10(9)14-1-2-16-8(5-14)6-15/h3-4,8,15H,1-2,5-6,12H2. The second kappa shape index (κ2) is 4.86. The summed E-state index contributed by atoms with van der Waals surface area (Å²) in [6.45, 7) is 1.87. The maximum absolute atomic E-state index is 9.04. The summed E-state index contributed by atoms with van der Waals surface area (Å²) in [5.41, 5.74) is 6.12. The lowest BCUT2D eigenvalue weighted by Gasteiger charge is -2.33. The van der Waals surface area contributed by atoms with Crippen molar-refractivity contribution in [3.05, 3.63) is 17.3 Å². The number of morpholine rings is 1. The highest BCUT2D eigenvalue weighted by Gasteiger charge is 2.22. The van der Waals surface area contributed by atoms with Crippen LogP contribution in [0, 0.1) is 0 Å². The molecule has 0 radical (unpaired) electrons. The number of pyridine rings is 1. The van der Waals surface area contributed by atoms with Crippen molar-refractivity contribution in [3.8, 4) is 0 Å². The van der Waals surface area contributed by atoms with Gasteiger partial charge in [0.2, 0.25) is 0 Å². The molecule has 1 unspecified atom stereocenters. The van der Waals surface area contributed by atoms with Crippen LogP contribution >= 0.6 is 11.6 Å². The number of hydrogen-bond acceptors (Lipinski definition) is 5. The van der Waals surface area contributed by atoms with Crippen molar-refractivity contribution in [1.29, 1.82) is 0 Å². The Morgan fingerprint density at radius 3 is 3.19 bits per heavy atom. The molecule has 1 aromatic rings. The van der Waals surface area contributed by atoms with Crippen LogP contribution in [0.15, 0.2) is 12.3 Å². The lowest BCUT2D eigenvalue weighted by molar-refractivity contribution is 0.00337. The van der Waals surface area contributed by atoms with Crippen LogP contribution < -0.4 is 10.6 Å². The van der Waals surface area contributed by atoms with Crippen molar-refractivity contribution in [2.24, 2.45) is 0 Å². The summed E-state index contributed by atoms with van der Waals surface area (Å²) in [5, 5.41) is 9.57. The molecule has 0 aromatic carbocycles. The van der Waals surface area contributed by atoms with E-state index in [-0.39, 0.29) is 12.7 Å². The van der Waals surface area contributed by atoms with Crippen LogP contribution in [0.25, 0.3) is 0 Å². The Kier molecular flexibility index (Phi) is 3.48. The van der Waals surface area contributed by atoms with Gasteiger partial charge in [-0.3, -0.25) is 0 Å². The molecule has 1 aliphatic heterocycles. The Hall–Kier alpha value is -1.04. The summed E-state index contributed by atoms with van der Waals surface area (Å²) in [6, 6.07) is 1.67. The number of hydrogen-bond donors (Lipinski definition) is 2. The van der Waals surface area contributed by atoms with Crippen LogP contribution in [0.4, 0.5) is 11.5 Å². The van der Waals surface area contributed by atoms with Crippen molar-refractivity contribution in [1.82, 2.24) is 4.98 Å². The largest absolute Gasteiger partial charge is 0.397 e. The van der Waals surface area contributed by atoms with Crippen molar-refractivity contribution in [2.75, 3.05) is 36.9 Å². The number of nitrogens with zero attached hydrogens (tertiary/aromatic N) is 2. The average molecular weight is 244 g/mol. The molecule has 16 heavy (non-hydrogen) atoms. The minimum Gasteiger partial charge on any atom is -0.397 e. The molecular weight excluding hydrogens is 230 g/mol. The second-order valence-electron chi connectivity index (χ2n) is 3.70. The number of ether oxygens (including phenoxy) is 1. The first-order valence-electron chi connectivity index (χ1n) is 5.09. The third kappa shape index (κ3) is 2.37. The first-order valence-corrected chi connectivity index (χ1v) is 5.47. The van der Waals surface area contributed by atoms with Gasteiger partial charge in [0.05, 0.1) is 36.2 Å². The van der Waals surface area contributed by atoms with E-state index in [1.165, 1.54) is 0 Å². The predicted octanol–water partition coefficient (Wildman–Crippen LogP) is 0.515. The molecule has 0 bridgehead atoms. The minimum atomic E-state index is -0.177. The van der Waals surface area contributed by atoms with E-state index in [4.69, 9.17) is 27.2 Å². The van der Waals surface area contributed by atoms with Gasteiger partial charge in [0.25, 0.3) is 0 Å². The Labute approximate surface area is 98.8 Å². The van der Waals surface area contributed by atoms with Gasteiger partial charge in [0.1, 0.15) is 5.82 Å². The summed E-state index contributed by atoms with van der Waals surface area (Å²) in [5.74, 6) is 0.692. The van der Waals surface area contributed by atoms with Crippen LogP contribution in [-0.2, 0) is 4.74 Å². The molecule has 2 heterocycles. The van der Waals surface area contributed by atoms with E-state index in [1.807, 2.05) is 4.90 Å². The number of aliphatic hydroxyl groups excluding tert-OH is 1. The third-order valence-electron chi connectivity index (χ3n) is 2.48. The molecule has 1 atom stereocenters. The monoisotopic (exact) mass is 243 g/mol. The SMILES string of the molecule is Nc1cnc(N2CCOC(CO)C2)c(Cl)c1. The second-order valence-corrected chi connectivity index (χ2v) is 4.10. The fraction of sp³-hybridized carbons (Fsp3) is 0.500. The van der Waals surface area contributed by atoms with Gasteiger partial charge in [0, 0.05) is 13.1 Å². The van der Waals surface area contributed by atoms with E-state index >= 15 is 0 Å². The molecule has 1 aliphatic rings. The fourth-order valence-corrected chi connectivity index (χ4v) is 1.99. The summed E-state index contributed by atoms with van der Waals surface area (Å²) >= 11 is 6.07. The molecule has 3 N–H and O–H groups in total. The highest BCUT2D eigenvalue weighted by molar-refractivity contribution is 6.33. The molecule has 1 fully saturated rings. The molecule has 1 saturated heterocycles. The van der Waals surface area contributed by atoms with E-state index in [1.54, 1.807) is 12.3 Å². The lowest BCUT2D eigenvalue weighted by atomic mass is 10.2. The number of halogens is 1. The third-order valence-corrected chi connectivity index (χ3v) is 2.76. The maximum Gasteiger partial charge on any atom is 0.147 e. The smallest absolute Gasteiger partial charge is 0.147 e. The summed E-state index contributed by atoms with van der Waals surface area (Å²) in [6.07, 6.45) is 1.40. The lowest BCUT2D eigenvalue weighted by Crippen LogP contribution is -2.44. The van der Waals surface area contributed by atoms with Crippen LogP contribution in [0.5, 0.6) is 0 Å². The van der Waals surface area contributed by atoms with Crippen LogP contribution in [-0.4, -0.2) is 42.5 Å². The molecule has 0 saturated carbocycles. The van der Waals surface area contributed by atoms with Crippen LogP contribution in [0.3, 0.4) is 0 Å². The topological polar surface area (TPSA) is 71.6 Å². The van der Waals surface area contributed by atoms with Gasteiger partial charge >= 0.3 is 0 Å². The Morgan fingerprint density at radius 1 is 1.69 bits per heavy atom. The number of nitrogen functional groups attached to an aromatic ring is 1. The molecule has 1 aromatic heterocycles. The molecule has 6 heteroatoms. The van der Waals surface area contributed by atoms with Crippen molar-refractivity contribution in [2.45, 2.75) is 6.10 Å². The number of anilines is 2. The van der Waals surface area contributed by atoms with E-state index < -0.39 is 0 Å².